The molecule has 0 aliphatic rings. The minimum atomic E-state index is -0.114. The van der Waals surface area contributed by atoms with Gasteiger partial charge in [-0.2, -0.15) is 0 Å². The number of ether oxygens (including phenoxy) is 1. The number of carbonyl (C=O) groups excluding carboxylic acids is 1. The molecule has 2 aromatic carbocycles. The highest BCUT2D eigenvalue weighted by molar-refractivity contribution is 6.04. The quantitative estimate of drug-likeness (QED) is 0.792. The van der Waals surface area contributed by atoms with E-state index < -0.39 is 0 Å². The Morgan fingerprint density at radius 3 is 2.13 bits per heavy atom. The lowest BCUT2D eigenvalue weighted by Crippen LogP contribution is -2.12. The Kier molecular flexibility index (Phi) is 5.80. The van der Waals surface area contributed by atoms with Gasteiger partial charge in [0.1, 0.15) is 5.75 Å². The van der Waals surface area contributed by atoms with E-state index in [-0.39, 0.29) is 12.0 Å². The van der Waals surface area contributed by atoms with Gasteiger partial charge in [0.05, 0.1) is 6.10 Å². The fraction of sp³-hybridized carbons (Fsp3) is 0.350. The zero-order chi connectivity index (χ0) is 16.8. The molecule has 0 bridgehead atoms. The van der Waals surface area contributed by atoms with Crippen molar-refractivity contribution in [1.82, 2.24) is 0 Å². The summed E-state index contributed by atoms with van der Waals surface area (Å²) in [4.78, 5) is 12.3. The van der Waals surface area contributed by atoms with Crippen LogP contribution in [-0.4, -0.2) is 12.0 Å². The molecule has 1 unspecified atom stereocenters. The second-order valence-corrected chi connectivity index (χ2v) is 6.08. The van der Waals surface area contributed by atoms with Gasteiger partial charge in [-0.25, -0.2) is 0 Å². The standard InChI is InChI=1S/C20H25NO2/c1-5-15(4)16-6-10-18(11-7-16)21-20(22)17-8-12-19(13-9-17)23-14(2)3/h6-15H,5H2,1-4H3,(H,21,22). The fourth-order valence-corrected chi connectivity index (χ4v) is 2.29. The molecule has 1 atom stereocenters. The van der Waals surface area contributed by atoms with Crippen LogP contribution in [0.2, 0.25) is 0 Å². The Morgan fingerprint density at radius 1 is 1.00 bits per heavy atom. The van der Waals surface area contributed by atoms with Crippen molar-refractivity contribution < 1.29 is 9.53 Å². The molecule has 2 rings (SSSR count). The van der Waals surface area contributed by atoms with E-state index in [1.165, 1.54) is 5.56 Å². The molecule has 0 radical (unpaired) electrons. The van der Waals surface area contributed by atoms with Crippen LogP contribution in [0.15, 0.2) is 48.5 Å². The normalized spacial score (nSPS) is 12.0. The Morgan fingerprint density at radius 2 is 1.61 bits per heavy atom. The average molecular weight is 311 g/mol. The van der Waals surface area contributed by atoms with Gasteiger partial charge < -0.3 is 10.1 Å². The molecule has 0 saturated heterocycles. The molecule has 1 amide bonds. The zero-order valence-electron chi connectivity index (χ0n) is 14.3. The topological polar surface area (TPSA) is 38.3 Å². The monoisotopic (exact) mass is 311 g/mol. The van der Waals surface area contributed by atoms with Crippen molar-refractivity contribution in [2.24, 2.45) is 0 Å². The van der Waals surface area contributed by atoms with Gasteiger partial charge >= 0.3 is 0 Å². The number of carbonyl (C=O) groups is 1. The second-order valence-electron chi connectivity index (χ2n) is 6.08. The third kappa shape index (κ3) is 4.85. The van der Waals surface area contributed by atoms with E-state index in [1.807, 2.05) is 38.1 Å². The van der Waals surface area contributed by atoms with E-state index in [0.717, 1.165) is 17.9 Å². The molecule has 0 saturated carbocycles. The fourth-order valence-electron chi connectivity index (χ4n) is 2.29. The minimum Gasteiger partial charge on any atom is -0.491 e. The van der Waals surface area contributed by atoms with Crippen molar-refractivity contribution >= 4 is 11.6 Å². The molecule has 23 heavy (non-hydrogen) atoms. The van der Waals surface area contributed by atoms with Crippen molar-refractivity contribution in [1.29, 1.82) is 0 Å². The van der Waals surface area contributed by atoms with Crippen LogP contribution < -0.4 is 10.1 Å². The first-order chi connectivity index (χ1) is 11.0. The summed E-state index contributed by atoms with van der Waals surface area (Å²) in [6.45, 7) is 8.33. The first-order valence-corrected chi connectivity index (χ1v) is 8.17. The number of hydrogen-bond donors (Lipinski definition) is 1. The summed E-state index contributed by atoms with van der Waals surface area (Å²) in [5, 5.41) is 2.92. The number of benzene rings is 2. The van der Waals surface area contributed by atoms with E-state index in [0.29, 0.717) is 11.5 Å². The van der Waals surface area contributed by atoms with Crippen molar-refractivity contribution in [3.05, 3.63) is 59.7 Å². The summed E-state index contributed by atoms with van der Waals surface area (Å²) in [6, 6.07) is 15.3. The van der Waals surface area contributed by atoms with Crippen molar-refractivity contribution in [3.63, 3.8) is 0 Å². The van der Waals surface area contributed by atoms with Gasteiger partial charge in [-0.3, -0.25) is 4.79 Å². The predicted octanol–water partition coefficient (Wildman–Crippen LogP) is 5.24. The van der Waals surface area contributed by atoms with Gasteiger partial charge in [0.15, 0.2) is 0 Å². The lowest BCUT2D eigenvalue weighted by Gasteiger charge is -2.11. The summed E-state index contributed by atoms with van der Waals surface area (Å²) < 4.78 is 5.58. The zero-order valence-corrected chi connectivity index (χ0v) is 14.3. The molecule has 0 aromatic heterocycles. The van der Waals surface area contributed by atoms with E-state index in [4.69, 9.17) is 4.74 Å². The molecule has 0 fully saturated rings. The summed E-state index contributed by atoms with van der Waals surface area (Å²) in [6.07, 6.45) is 1.23. The maximum atomic E-state index is 12.3. The SMILES string of the molecule is CCC(C)c1ccc(NC(=O)c2ccc(OC(C)C)cc2)cc1. The van der Waals surface area contributed by atoms with Gasteiger partial charge in [0.2, 0.25) is 0 Å². The first-order valence-electron chi connectivity index (χ1n) is 8.17. The molecule has 3 nitrogen and oxygen atoms in total. The van der Waals surface area contributed by atoms with Crippen LogP contribution in [0.3, 0.4) is 0 Å². The summed E-state index contributed by atoms with van der Waals surface area (Å²) in [5.74, 6) is 1.19. The number of hydrogen-bond acceptors (Lipinski definition) is 2. The molecule has 0 heterocycles. The van der Waals surface area contributed by atoms with Gasteiger partial charge in [0, 0.05) is 11.3 Å². The average Bonchev–Trinajstić information content (AvgIpc) is 2.55. The molecule has 122 valence electrons. The van der Waals surface area contributed by atoms with Crippen molar-refractivity contribution in [3.8, 4) is 5.75 Å². The Bertz CT molecular complexity index is 630. The number of anilines is 1. The van der Waals surface area contributed by atoms with Gasteiger partial charge in [-0.05, 0) is 68.1 Å². The minimum absolute atomic E-state index is 0.114. The number of nitrogens with one attached hydrogen (secondary N) is 1. The first kappa shape index (κ1) is 17.1. The maximum Gasteiger partial charge on any atom is 0.255 e. The van der Waals surface area contributed by atoms with Crippen LogP contribution in [0, 0.1) is 0 Å². The number of rotatable bonds is 6. The third-order valence-corrected chi connectivity index (χ3v) is 3.84. The second kappa shape index (κ2) is 7.82. The molecule has 0 aliphatic carbocycles. The van der Waals surface area contributed by atoms with E-state index in [2.05, 4.69) is 31.3 Å². The van der Waals surface area contributed by atoms with Crippen LogP contribution >= 0.6 is 0 Å². The van der Waals surface area contributed by atoms with E-state index in [9.17, 15) is 4.79 Å². The molecule has 2 aromatic rings. The van der Waals surface area contributed by atoms with Crippen LogP contribution in [0.5, 0.6) is 5.75 Å². The van der Waals surface area contributed by atoms with Crippen LogP contribution in [0.25, 0.3) is 0 Å². The van der Waals surface area contributed by atoms with Gasteiger partial charge in [0.25, 0.3) is 5.91 Å². The molecule has 1 N–H and O–H groups in total. The van der Waals surface area contributed by atoms with Gasteiger partial charge in [-0.1, -0.05) is 26.0 Å². The van der Waals surface area contributed by atoms with Crippen LogP contribution in [0.1, 0.15) is 56.0 Å². The van der Waals surface area contributed by atoms with Crippen LogP contribution in [-0.2, 0) is 0 Å². The highest BCUT2D eigenvalue weighted by Crippen LogP contribution is 2.21. The molecular weight excluding hydrogens is 286 g/mol. The third-order valence-electron chi connectivity index (χ3n) is 3.84. The smallest absolute Gasteiger partial charge is 0.255 e. The Balaban J connectivity index is 2.01. The Hall–Kier alpha value is -2.29. The highest BCUT2D eigenvalue weighted by atomic mass is 16.5. The predicted molar refractivity (Wildman–Crippen MR) is 95.3 cm³/mol. The molecule has 3 heteroatoms. The summed E-state index contributed by atoms with van der Waals surface area (Å²) in [7, 11) is 0. The molecule has 0 spiro atoms. The lowest BCUT2D eigenvalue weighted by molar-refractivity contribution is 0.102. The van der Waals surface area contributed by atoms with Crippen molar-refractivity contribution in [2.75, 3.05) is 5.32 Å². The van der Waals surface area contributed by atoms with E-state index >= 15 is 0 Å². The van der Waals surface area contributed by atoms with E-state index in [1.54, 1.807) is 12.1 Å². The maximum absolute atomic E-state index is 12.3. The van der Waals surface area contributed by atoms with Crippen LogP contribution in [0.4, 0.5) is 5.69 Å². The lowest BCUT2D eigenvalue weighted by atomic mass is 9.98. The number of amides is 1. The molecule has 0 aliphatic heterocycles. The summed E-state index contributed by atoms with van der Waals surface area (Å²) >= 11 is 0. The summed E-state index contributed by atoms with van der Waals surface area (Å²) in [5.41, 5.74) is 2.72. The van der Waals surface area contributed by atoms with Crippen molar-refractivity contribution in [2.45, 2.75) is 46.1 Å². The Labute approximate surface area is 138 Å². The molecular formula is C20H25NO2. The van der Waals surface area contributed by atoms with Gasteiger partial charge in [-0.15, -0.1) is 0 Å². The largest absolute Gasteiger partial charge is 0.491 e. The highest BCUT2D eigenvalue weighted by Gasteiger charge is 2.08.